The number of hydrogen-bond acceptors (Lipinski definition) is 4. The van der Waals surface area contributed by atoms with Crippen LogP contribution in [0.4, 0.5) is 5.82 Å². The van der Waals surface area contributed by atoms with Crippen LogP contribution in [0.2, 0.25) is 0 Å². The molecule has 0 unspecified atom stereocenters. The summed E-state index contributed by atoms with van der Waals surface area (Å²) in [4.78, 5) is 4.06. The van der Waals surface area contributed by atoms with Gasteiger partial charge in [-0.05, 0) is 38.0 Å². The molecule has 0 bridgehead atoms. The SMILES string of the molecule is Cc1cc(C)cc(CCNc2ncccc2S(N)(=O)=O)c1. The van der Waals surface area contributed by atoms with Gasteiger partial charge in [0.1, 0.15) is 10.7 Å². The molecule has 1 aromatic heterocycles. The quantitative estimate of drug-likeness (QED) is 0.885. The van der Waals surface area contributed by atoms with Gasteiger partial charge in [-0.1, -0.05) is 29.3 Å². The molecule has 0 spiro atoms. The van der Waals surface area contributed by atoms with E-state index >= 15 is 0 Å². The largest absolute Gasteiger partial charge is 0.369 e. The zero-order valence-electron chi connectivity index (χ0n) is 12.1. The van der Waals surface area contributed by atoms with Gasteiger partial charge >= 0.3 is 0 Å². The fourth-order valence-corrected chi connectivity index (χ4v) is 2.95. The van der Waals surface area contributed by atoms with E-state index in [9.17, 15) is 8.42 Å². The molecule has 3 N–H and O–H groups in total. The molecule has 6 heteroatoms. The molecule has 0 aliphatic rings. The number of nitrogens with one attached hydrogen (secondary N) is 1. The summed E-state index contributed by atoms with van der Waals surface area (Å²) in [5.74, 6) is 0.296. The van der Waals surface area contributed by atoms with Gasteiger partial charge in [-0.2, -0.15) is 0 Å². The number of rotatable bonds is 5. The van der Waals surface area contributed by atoms with Gasteiger partial charge in [0, 0.05) is 12.7 Å². The van der Waals surface area contributed by atoms with Crippen LogP contribution < -0.4 is 10.5 Å². The Balaban J connectivity index is 2.07. The van der Waals surface area contributed by atoms with E-state index in [1.165, 1.54) is 29.0 Å². The fourth-order valence-electron chi connectivity index (χ4n) is 2.29. The number of anilines is 1. The molecule has 0 fully saturated rings. The molecule has 0 aliphatic carbocycles. The summed E-state index contributed by atoms with van der Waals surface area (Å²) in [5, 5.41) is 8.21. The Morgan fingerprint density at radius 1 is 1.19 bits per heavy atom. The molecular weight excluding hydrogens is 286 g/mol. The highest BCUT2D eigenvalue weighted by atomic mass is 32.2. The lowest BCUT2D eigenvalue weighted by Crippen LogP contribution is -2.17. The van der Waals surface area contributed by atoms with E-state index in [1.54, 1.807) is 6.07 Å². The van der Waals surface area contributed by atoms with E-state index in [2.05, 4.69) is 42.3 Å². The molecule has 5 nitrogen and oxygen atoms in total. The molecule has 2 rings (SSSR count). The van der Waals surface area contributed by atoms with Gasteiger partial charge in [0.2, 0.25) is 10.0 Å². The number of aromatic nitrogens is 1. The van der Waals surface area contributed by atoms with Gasteiger partial charge in [0.15, 0.2) is 0 Å². The van der Waals surface area contributed by atoms with Crippen LogP contribution in [-0.4, -0.2) is 19.9 Å². The Hall–Kier alpha value is -1.92. The molecule has 0 aliphatic heterocycles. The Kier molecular flexibility index (Phi) is 4.59. The Bertz CT molecular complexity index is 722. The lowest BCUT2D eigenvalue weighted by atomic mass is 10.1. The lowest BCUT2D eigenvalue weighted by molar-refractivity contribution is 0.597. The molecule has 0 saturated heterocycles. The van der Waals surface area contributed by atoms with Crippen molar-refractivity contribution in [3.05, 3.63) is 53.2 Å². The highest BCUT2D eigenvalue weighted by molar-refractivity contribution is 7.89. The summed E-state index contributed by atoms with van der Waals surface area (Å²) >= 11 is 0. The van der Waals surface area contributed by atoms with Crippen LogP contribution in [0, 0.1) is 13.8 Å². The van der Waals surface area contributed by atoms with E-state index < -0.39 is 10.0 Å². The fraction of sp³-hybridized carbons (Fsp3) is 0.267. The predicted molar refractivity (Wildman–Crippen MR) is 83.7 cm³/mol. The first-order valence-corrected chi connectivity index (χ1v) is 8.20. The van der Waals surface area contributed by atoms with Crippen molar-refractivity contribution in [1.29, 1.82) is 0 Å². The van der Waals surface area contributed by atoms with Crippen molar-refractivity contribution >= 4 is 15.8 Å². The molecule has 2 aromatic rings. The molecule has 1 heterocycles. The van der Waals surface area contributed by atoms with Crippen molar-refractivity contribution in [2.75, 3.05) is 11.9 Å². The smallest absolute Gasteiger partial charge is 0.241 e. The first-order chi connectivity index (χ1) is 9.86. The van der Waals surface area contributed by atoms with Crippen molar-refractivity contribution in [2.45, 2.75) is 25.2 Å². The minimum atomic E-state index is -3.77. The average Bonchev–Trinajstić information content (AvgIpc) is 2.37. The van der Waals surface area contributed by atoms with Crippen molar-refractivity contribution in [3.8, 4) is 0 Å². The van der Waals surface area contributed by atoms with Crippen molar-refractivity contribution in [2.24, 2.45) is 5.14 Å². The second-order valence-corrected chi connectivity index (χ2v) is 6.60. The highest BCUT2D eigenvalue weighted by Crippen LogP contribution is 2.16. The minimum Gasteiger partial charge on any atom is -0.369 e. The topological polar surface area (TPSA) is 85.1 Å². The lowest BCUT2D eigenvalue weighted by Gasteiger charge is -2.10. The van der Waals surface area contributed by atoms with Gasteiger partial charge in [-0.15, -0.1) is 0 Å². The second-order valence-electron chi connectivity index (χ2n) is 5.07. The molecule has 21 heavy (non-hydrogen) atoms. The number of primary sulfonamides is 1. The maximum Gasteiger partial charge on any atom is 0.241 e. The molecule has 0 amide bonds. The summed E-state index contributed by atoms with van der Waals surface area (Å²) in [5.41, 5.74) is 3.63. The van der Waals surface area contributed by atoms with Crippen molar-refractivity contribution in [1.82, 2.24) is 4.98 Å². The normalized spacial score (nSPS) is 11.4. The van der Waals surface area contributed by atoms with E-state index in [-0.39, 0.29) is 4.90 Å². The number of aryl methyl sites for hydroxylation is 2. The first-order valence-electron chi connectivity index (χ1n) is 6.65. The number of hydrogen-bond donors (Lipinski definition) is 2. The van der Waals surface area contributed by atoms with Crippen LogP contribution in [0.25, 0.3) is 0 Å². The second kappa shape index (κ2) is 6.24. The standard InChI is InChI=1S/C15H19N3O2S/c1-11-8-12(2)10-13(9-11)5-7-18-15-14(21(16,19)20)4-3-6-17-15/h3-4,6,8-10H,5,7H2,1-2H3,(H,17,18)(H2,16,19,20). The van der Waals surface area contributed by atoms with Gasteiger partial charge in [0.05, 0.1) is 0 Å². The minimum absolute atomic E-state index is 0.0189. The van der Waals surface area contributed by atoms with E-state index in [1.807, 2.05) is 0 Å². The van der Waals surface area contributed by atoms with Gasteiger partial charge in [-0.3, -0.25) is 0 Å². The molecular formula is C15H19N3O2S. The third-order valence-corrected chi connectivity index (χ3v) is 4.01. The van der Waals surface area contributed by atoms with Crippen LogP contribution in [0.3, 0.4) is 0 Å². The maximum absolute atomic E-state index is 11.5. The Morgan fingerprint density at radius 3 is 2.48 bits per heavy atom. The number of benzene rings is 1. The summed E-state index contributed by atoms with van der Waals surface area (Å²) < 4.78 is 22.9. The third-order valence-electron chi connectivity index (χ3n) is 3.06. The Morgan fingerprint density at radius 2 is 1.86 bits per heavy atom. The molecule has 0 radical (unpaired) electrons. The van der Waals surface area contributed by atoms with Crippen LogP contribution in [0.5, 0.6) is 0 Å². The van der Waals surface area contributed by atoms with Crippen LogP contribution in [0.15, 0.2) is 41.4 Å². The summed E-state index contributed by atoms with van der Waals surface area (Å²) in [7, 11) is -3.77. The number of sulfonamides is 1. The number of nitrogens with zero attached hydrogens (tertiary/aromatic N) is 1. The average molecular weight is 305 g/mol. The van der Waals surface area contributed by atoms with Gasteiger partial charge in [0.25, 0.3) is 0 Å². The predicted octanol–water partition coefficient (Wildman–Crippen LogP) is 2.00. The zero-order chi connectivity index (χ0) is 15.5. The van der Waals surface area contributed by atoms with E-state index in [4.69, 9.17) is 5.14 Å². The monoisotopic (exact) mass is 305 g/mol. The van der Waals surface area contributed by atoms with Gasteiger partial charge in [-0.25, -0.2) is 18.5 Å². The van der Waals surface area contributed by atoms with Crippen molar-refractivity contribution < 1.29 is 8.42 Å². The van der Waals surface area contributed by atoms with Crippen molar-refractivity contribution in [3.63, 3.8) is 0 Å². The van der Waals surface area contributed by atoms with E-state index in [0.717, 1.165) is 6.42 Å². The summed E-state index contributed by atoms with van der Waals surface area (Å²) in [6.07, 6.45) is 2.32. The number of nitrogens with two attached hydrogens (primary N) is 1. The summed E-state index contributed by atoms with van der Waals surface area (Å²) in [6.45, 7) is 4.70. The van der Waals surface area contributed by atoms with Gasteiger partial charge < -0.3 is 5.32 Å². The van der Waals surface area contributed by atoms with E-state index in [0.29, 0.717) is 12.4 Å². The molecule has 0 saturated carbocycles. The summed E-state index contributed by atoms with van der Waals surface area (Å²) in [6, 6.07) is 9.35. The van der Waals surface area contributed by atoms with Crippen LogP contribution >= 0.6 is 0 Å². The maximum atomic E-state index is 11.5. The third kappa shape index (κ3) is 4.27. The molecule has 1 aromatic carbocycles. The van der Waals surface area contributed by atoms with Crippen LogP contribution in [-0.2, 0) is 16.4 Å². The Labute approximate surface area is 125 Å². The first kappa shape index (κ1) is 15.5. The van der Waals surface area contributed by atoms with Crippen LogP contribution in [0.1, 0.15) is 16.7 Å². The highest BCUT2D eigenvalue weighted by Gasteiger charge is 2.13. The zero-order valence-corrected chi connectivity index (χ0v) is 12.9. The molecule has 112 valence electrons. The number of pyridine rings is 1. The molecule has 0 atom stereocenters.